The van der Waals surface area contributed by atoms with Crippen molar-refractivity contribution in [3.05, 3.63) is 91.0 Å². The molecule has 0 aliphatic carbocycles. The number of ether oxygens (including phenoxy) is 3. The minimum atomic E-state index is -2.78. The molecular formula is C24H25O4P. The monoisotopic (exact) mass is 408 g/mol. The first kappa shape index (κ1) is 20.1. The largest absolute Gasteiger partial charge is 0.376 e. The fourth-order valence-electron chi connectivity index (χ4n) is 3.02. The van der Waals surface area contributed by atoms with E-state index in [1.54, 1.807) is 0 Å². The van der Waals surface area contributed by atoms with Crippen LogP contribution in [0.3, 0.4) is 0 Å². The van der Waals surface area contributed by atoms with E-state index in [0.29, 0.717) is 12.2 Å². The summed E-state index contributed by atoms with van der Waals surface area (Å²) in [6.07, 6.45) is 0.785. The van der Waals surface area contributed by atoms with Crippen LogP contribution in [0, 0.1) is 0 Å². The summed E-state index contributed by atoms with van der Waals surface area (Å²) in [6, 6.07) is 29.1. The van der Waals surface area contributed by atoms with E-state index in [1.807, 2.05) is 91.0 Å². The molecule has 29 heavy (non-hydrogen) atoms. The van der Waals surface area contributed by atoms with Crippen LogP contribution >= 0.6 is 7.14 Å². The van der Waals surface area contributed by atoms with Gasteiger partial charge in [-0.1, -0.05) is 91.0 Å². The fraction of sp³-hybridized carbons (Fsp3) is 0.250. The maximum atomic E-state index is 13.8. The van der Waals surface area contributed by atoms with Crippen LogP contribution in [0.5, 0.6) is 0 Å². The Morgan fingerprint density at radius 2 is 0.966 bits per heavy atom. The lowest BCUT2D eigenvalue weighted by Gasteiger charge is -2.19. The van der Waals surface area contributed by atoms with Gasteiger partial charge in [0.1, 0.15) is 12.2 Å². The summed E-state index contributed by atoms with van der Waals surface area (Å²) in [5.74, 6) is 0. The lowest BCUT2D eigenvalue weighted by atomic mass is 10.4. The van der Waals surface area contributed by atoms with Crippen molar-refractivity contribution < 1.29 is 18.8 Å². The van der Waals surface area contributed by atoms with Crippen molar-refractivity contribution >= 4 is 23.1 Å². The topological polar surface area (TPSA) is 51.4 Å². The molecule has 0 bridgehead atoms. The Bertz CT molecular complexity index is 807. The highest BCUT2D eigenvalue weighted by Gasteiger charge is 2.29. The molecule has 2 atom stereocenters. The van der Waals surface area contributed by atoms with Crippen LogP contribution in [-0.4, -0.2) is 38.6 Å². The van der Waals surface area contributed by atoms with Crippen molar-refractivity contribution in [3.8, 4) is 0 Å². The highest BCUT2D eigenvalue weighted by atomic mass is 31.2. The quantitative estimate of drug-likeness (QED) is 0.445. The molecule has 3 aromatic carbocycles. The third-order valence-electron chi connectivity index (χ3n) is 4.77. The van der Waals surface area contributed by atoms with Crippen molar-refractivity contribution in [2.45, 2.75) is 12.2 Å². The third kappa shape index (κ3) is 5.43. The molecule has 2 aliphatic heterocycles. The second kappa shape index (κ2) is 9.51. The van der Waals surface area contributed by atoms with Crippen molar-refractivity contribution in [2.75, 3.05) is 26.4 Å². The van der Waals surface area contributed by atoms with E-state index >= 15 is 0 Å². The maximum Gasteiger partial charge on any atom is 0.171 e. The van der Waals surface area contributed by atoms with Gasteiger partial charge in [-0.05, 0) is 0 Å². The highest BCUT2D eigenvalue weighted by Crippen LogP contribution is 2.41. The summed E-state index contributed by atoms with van der Waals surface area (Å²) >= 11 is 0. The number of rotatable bonds is 7. The molecule has 0 spiro atoms. The van der Waals surface area contributed by atoms with Gasteiger partial charge >= 0.3 is 0 Å². The Labute approximate surface area is 171 Å². The minimum Gasteiger partial charge on any atom is -0.376 e. The highest BCUT2D eigenvalue weighted by molar-refractivity contribution is 7.85. The molecule has 2 fully saturated rings. The van der Waals surface area contributed by atoms with Crippen LogP contribution < -0.4 is 15.9 Å². The Morgan fingerprint density at radius 3 is 1.24 bits per heavy atom. The molecule has 0 N–H and O–H groups in total. The van der Waals surface area contributed by atoms with Gasteiger partial charge < -0.3 is 18.8 Å². The molecule has 2 saturated heterocycles. The molecule has 150 valence electrons. The molecule has 0 saturated carbocycles. The summed E-state index contributed by atoms with van der Waals surface area (Å²) in [6.45, 7) is 3.26. The van der Waals surface area contributed by atoms with Crippen LogP contribution in [0.15, 0.2) is 91.0 Å². The van der Waals surface area contributed by atoms with E-state index in [1.165, 1.54) is 0 Å². The molecule has 2 heterocycles. The average molecular weight is 408 g/mol. The summed E-state index contributed by atoms with van der Waals surface area (Å²) in [5, 5.41) is 2.62. The SMILES string of the molecule is C(OCC1CO1)C1CO1.O=P(c1ccccc1)(c1ccccc1)c1ccccc1. The first-order valence-corrected chi connectivity index (χ1v) is 11.6. The fourth-order valence-corrected chi connectivity index (χ4v) is 5.69. The van der Waals surface area contributed by atoms with E-state index < -0.39 is 7.14 Å². The van der Waals surface area contributed by atoms with E-state index in [4.69, 9.17) is 14.2 Å². The van der Waals surface area contributed by atoms with E-state index in [2.05, 4.69) is 0 Å². The lowest BCUT2D eigenvalue weighted by Crippen LogP contribution is -2.24. The predicted octanol–water partition coefficient (Wildman–Crippen LogP) is 3.13. The van der Waals surface area contributed by atoms with Crippen molar-refractivity contribution in [3.63, 3.8) is 0 Å². The summed E-state index contributed by atoms with van der Waals surface area (Å²) in [7, 11) is -2.78. The number of epoxide rings is 2. The molecule has 3 aromatic rings. The lowest BCUT2D eigenvalue weighted by molar-refractivity contribution is 0.102. The molecule has 4 nitrogen and oxygen atoms in total. The minimum absolute atomic E-state index is 0.392. The Kier molecular flexibility index (Phi) is 6.58. The predicted molar refractivity (Wildman–Crippen MR) is 116 cm³/mol. The smallest absolute Gasteiger partial charge is 0.171 e. The van der Waals surface area contributed by atoms with Crippen LogP contribution in [-0.2, 0) is 18.8 Å². The zero-order valence-corrected chi connectivity index (χ0v) is 17.1. The number of hydrogen-bond acceptors (Lipinski definition) is 4. The molecule has 0 aromatic heterocycles. The summed E-state index contributed by atoms with van der Waals surface area (Å²) in [4.78, 5) is 0. The van der Waals surface area contributed by atoms with Gasteiger partial charge in [0, 0.05) is 15.9 Å². The summed E-state index contributed by atoms with van der Waals surface area (Å²) < 4.78 is 28.9. The molecule has 0 amide bonds. The Hall–Kier alpha value is -2.23. The molecule has 0 radical (unpaired) electrons. The molecular weight excluding hydrogens is 383 g/mol. The van der Waals surface area contributed by atoms with Gasteiger partial charge in [-0.25, -0.2) is 0 Å². The first-order valence-electron chi connectivity index (χ1n) is 9.84. The zero-order valence-electron chi connectivity index (χ0n) is 16.2. The van der Waals surface area contributed by atoms with Crippen molar-refractivity contribution in [1.29, 1.82) is 0 Å². The van der Waals surface area contributed by atoms with Gasteiger partial charge in [0.25, 0.3) is 0 Å². The second-order valence-corrected chi connectivity index (χ2v) is 9.83. The maximum absolute atomic E-state index is 13.8. The molecule has 2 unspecified atom stereocenters. The van der Waals surface area contributed by atoms with Crippen LogP contribution in [0.1, 0.15) is 0 Å². The second-order valence-electron chi connectivity index (χ2n) is 7.06. The standard InChI is InChI=1S/C18H15OP.C6H10O3/c19-20(16-10-4-1-5-11-16,17-12-6-2-7-13-17)18-14-8-3-9-15-18;1(5-3-8-5)7-2-6-4-9-6/h1-15H;5-6H,1-4H2. The van der Waals surface area contributed by atoms with E-state index in [9.17, 15) is 4.57 Å². The van der Waals surface area contributed by atoms with Crippen molar-refractivity contribution in [1.82, 2.24) is 0 Å². The number of benzene rings is 3. The van der Waals surface area contributed by atoms with Gasteiger partial charge in [-0.15, -0.1) is 0 Å². The van der Waals surface area contributed by atoms with Gasteiger partial charge in [0.2, 0.25) is 0 Å². The van der Waals surface area contributed by atoms with Crippen LogP contribution in [0.25, 0.3) is 0 Å². The first-order chi connectivity index (χ1) is 14.3. The van der Waals surface area contributed by atoms with Gasteiger partial charge in [-0.3, -0.25) is 0 Å². The van der Waals surface area contributed by atoms with Gasteiger partial charge in [0.15, 0.2) is 7.14 Å². The zero-order chi connectivity index (χ0) is 19.9. The normalized spacial score (nSPS) is 19.7. The number of hydrogen-bond donors (Lipinski definition) is 0. The van der Waals surface area contributed by atoms with Crippen molar-refractivity contribution in [2.24, 2.45) is 0 Å². The van der Waals surface area contributed by atoms with E-state index in [0.717, 1.165) is 42.3 Å². The molecule has 5 heteroatoms. The van der Waals surface area contributed by atoms with Gasteiger partial charge in [0.05, 0.1) is 26.4 Å². The van der Waals surface area contributed by atoms with Crippen LogP contribution in [0.2, 0.25) is 0 Å². The molecule has 2 aliphatic rings. The summed E-state index contributed by atoms with van der Waals surface area (Å²) in [5.41, 5.74) is 0. The van der Waals surface area contributed by atoms with Crippen LogP contribution in [0.4, 0.5) is 0 Å². The Morgan fingerprint density at radius 1 is 0.655 bits per heavy atom. The Balaban J connectivity index is 0.000000188. The molecule has 5 rings (SSSR count). The third-order valence-corrected chi connectivity index (χ3v) is 7.85. The average Bonchev–Trinajstić information content (AvgIpc) is 3.72. The van der Waals surface area contributed by atoms with E-state index in [-0.39, 0.29) is 0 Å². The van der Waals surface area contributed by atoms with Gasteiger partial charge in [-0.2, -0.15) is 0 Å².